The Hall–Kier alpha value is -1.68. The molecule has 0 atom stereocenters. The molecule has 2 rings (SSSR count). The summed E-state index contributed by atoms with van der Waals surface area (Å²) in [5.74, 6) is -0.962. The summed E-state index contributed by atoms with van der Waals surface area (Å²) in [6, 6.07) is 8.10. The van der Waals surface area contributed by atoms with Gasteiger partial charge in [-0.1, -0.05) is 52.0 Å². The maximum absolute atomic E-state index is 11.3. The fourth-order valence-corrected chi connectivity index (χ4v) is 2.98. The molecule has 0 saturated heterocycles. The summed E-state index contributed by atoms with van der Waals surface area (Å²) in [7, 11) is 0. The van der Waals surface area contributed by atoms with E-state index >= 15 is 0 Å². The molecule has 1 aromatic carbocycles. The minimum absolute atomic E-state index is 0.0937. The van der Waals surface area contributed by atoms with Crippen LogP contribution in [0.25, 0.3) is 10.4 Å². The zero-order chi connectivity index (χ0) is 14.9. The second kappa shape index (κ2) is 5.37. The van der Waals surface area contributed by atoms with Crippen LogP contribution in [0.4, 0.5) is 0 Å². The molecule has 1 heterocycles. The van der Waals surface area contributed by atoms with Crippen LogP contribution >= 0.6 is 11.3 Å². The van der Waals surface area contributed by atoms with Crippen molar-refractivity contribution in [3.8, 4) is 10.4 Å². The van der Waals surface area contributed by atoms with Crippen LogP contribution in [0.15, 0.2) is 24.3 Å². The van der Waals surface area contributed by atoms with Gasteiger partial charge in [-0.3, -0.25) is 0 Å². The van der Waals surface area contributed by atoms with Crippen LogP contribution in [-0.4, -0.2) is 16.1 Å². The lowest BCUT2D eigenvalue weighted by molar-refractivity contribution is 0.0692. The minimum Gasteiger partial charge on any atom is -0.476 e. The van der Waals surface area contributed by atoms with Gasteiger partial charge in [0, 0.05) is 0 Å². The highest BCUT2D eigenvalue weighted by molar-refractivity contribution is 7.15. The summed E-state index contributed by atoms with van der Waals surface area (Å²) in [5.41, 5.74) is 2.41. The standard InChI is InChI=1S/C16H19NO2S/c1-5-12-17-13(15(18)19)14(20-12)10-6-8-11(9-7-10)16(2,3)4/h6-9H,5H2,1-4H3,(H,18,19). The normalized spacial score (nSPS) is 11.6. The van der Waals surface area contributed by atoms with Crippen LogP contribution in [0.1, 0.15) is 48.8 Å². The SMILES string of the molecule is CCc1nc(C(=O)O)c(-c2ccc(C(C)(C)C)cc2)s1. The first-order chi connectivity index (χ1) is 9.32. The first-order valence-corrected chi connectivity index (χ1v) is 7.48. The molecule has 20 heavy (non-hydrogen) atoms. The smallest absolute Gasteiger partial charge is 0.356 e. The van der Waals surface area contributed by atoms with E-state index < -0.39 is 5.97 Å². The highest BCUT2D eigenvalue weighted by atomic mass is 32.1. The van der Waals surface area contributed by atoms with Crippen molar-refractivity contribution in [2.45, 2.75) is 39.5 Å². The lowest BCUT2D eigenvalue weighted by Gasteiger charge is -2.19. The van der Waals surface area contributed by atoms with Gasteiger partial charge in [0.25, 0.3) is 0 Å². The fraction of sp³-hybridized carbons (Fsp3) is 0.375. The Morgan fingerprint density at radius 3 is 2.30 bits per heavy atom. The van der Waals surface area contributed by atoms with Gasteiger partial charge >= 0.3 is 5.97 Å². The van der Waals surface area contributed by atoms with Gasteiger partial charge in [0.1, 0.15) is 0 Å². The van der Waals surface area contributed by atoms with Crippen molar-refractivity contribution >= 4 is 17.3 Å². The van der Waals surface area contributed by atoms with Gasteiger partial charge in [0.15, 0.2) is 5.69 Å². The Kier molecular flexibility index (Phi) is 3.95. The topological polar surface area (TPSA) is 50.2 Å². The molecule has 0 radical (unpaired) electrons. The Morgan fingerprint density at radius 2 is 1.85 bits per heavy atom. The number of carbonyl (C=O) groups is 1. The number of hydrogen-bond donors (Lipinski definition) is 1. The predicted molar refractivity (Wildman–Crippen MR) is 82.6 cm³/mol. The highest BCUT2D eigenvalue weighted by Gasteiger charge is 2.19. The Balaban J connectivity index is 2.46. The molecule has 0 fully saturated rings. The van der Waals surface area contributed by atoms with Gasteiger partial charge in [-0.2, -0.15) is 0 Å². The first kappa shape index (κ1) is 14.7. The molecule has 4 heteroatoms. The average molecular weight is 289 g/mol. The van der Waals surface area contributed by atoms with E-state index in [1.54, 1.807) is 0 Å². The maximum Gasteiger partial charge on any atom is 0.356 e. The van der Waals surface area contributed by atoms with E-state index in [0.29, 0.717) is 0 Å². The van der Waals surface area contributed by atoms with Gasteiger partial charge in [0.05, 0.1) is 9.88 Å². The van der Waals surface area contributed by atoms with E-state index in [1.165, 1.54) is 16.9 Å². The number of benzene rings is 1. The number of aryl methyl sites for hydroxylation is 1. The van der Waals surface area contributed by atoms with Crippen molar-refractivity contribution in [3.05, 3.63) is 40.5 Å². The number of hydrogen-bond acceptors (Lipinski definition) is 3. The van der Waals surface area contributed by atoms with Crippen molar-refractivity contribution in [3.63, 3.8) is 0 Å². The van der Waals surface area contributed by atoms with Gasteiger partial charge in [-0.15, -0.1) is 11.3 Å². The van der Waals surface area contributed by atoms with Crippen LogP contribution in [0.3, 0.4) is 0 Å². The third kappa shape index (κ3) is 2.90. The number of carboxylic acid groups (broad SMARTS) is 1. The molecule has 0 amide bonds. The third-order valence-electron chi connectivity index (χ3n) is 3.19. The molecule has 0 aliphatic carbocycles. The van der Waals surface area contributed by atoms with Crippen molar-refractivity contribution in [1.82, 2.24) is 4.98 Å². The number of aromatic carboxylic acids is 1. The number of nitrogens with zero attached hydrogens (tertiary/aromatic N) is 1. The van der Waals surface area contributed by atoms with Crippen LogP contribution < -0.4 is 0 Å². The van der Waals surface area contributed by atoms with E-state index in [1.807, 2.05) is 19.1 Å². The Labute approximate surface area is 123 Å². The summed E-state index contributed by atoms with van der Waals surface area (Å²) in [6.07, 6.45) is 0.755. The minimum atomic E-state index is -0.962. The molecule has 106 valence electrons. The van der Waals surface area contributed by atoms with Gasteiger partial charge in [0.2, 0.25) is 0 Å². The Bertz CT molecular complexity index is 621. The lowest BCUT2D eigenvalue weighted by atomic mass is 9.86. The van der Waals surface area contributed by atoms with Crippen LogP contribution in [0, 0.1) is 0 Å². The van der Waals surface area contributed by atoms with E-state index in [4.69, 9.17) is 0 Å². The molecule has 0 bridgehead atoms. The molecule has 0 unspecified atom stereocenters. The van der Waals surface area contributed by atoms with Gasteiger partial charge in [-0.25, -0.2) is 9.78 Å². The summed E-state index contributed by atoms with van der Waals surface area (Å²) in [5, 5.41) is 10.1. The Morgan fingerprint density at radius 1 is 1.25 bits per heavy atom. The van der Waals surface area contributed by atoms with E-state index in [0.717, 1.165) is 21.9 Å². The van der Waals surface area contributed by atoms with Gasteiger partial charge < -0.3 is 5.11 Å². The van der Waals surface area contributed by atoms with E-state index in [-0.39, 0.29) is 11.1 Å². The number of aromatic nitrogens is 1. The molecular formula is C16H19NO2S. The molecule has 3 nitrogen and oxygen atoms in total. The largest absolute Gasteiger partial charge is 0.476 e. The number of rotatable bonds is 3. The predicted octanol–water partition coefficient (Wildman–Crippen LogP) is 4.37. The third-order valence-corrected chi connectivity index (χ3v) is 4.44. The summed E-state index contributed by atoms with van der Waals surface area (Å²) in [6.45, 7) is 8.46. The van der Waals surface area contributed by atoms with Crippen molar-refractivity contribution in [2.24, 2.45) is 0 Å². The summed E-state index contributed by atoms with van der Waals surface area (Å²) < 4.78 is 0. The summed E-state index contributed by atoms with van der Waals surface area (Å²) >= 11 is 1.46. The maximum atomic E-state index is 11.3. The molecular weight excluding hydrogens is 270 g/mol. The molecule has 1 N–H and O–H groups in total. The van der Waals surface area contributed by atoms with Crippen LogP contribution in [0.2, 0.25) is 0 Å². The first-order valence-electron chi connectivity index (χ1n) is 6.67. The highest BCUT2D eigenvalue weighted by Crippen LogP contribution is 2.32. The van der Waals surface area contributed by atoms with Crippen molar-refractivity contribution in [2.75, 3.05) is 0 Å². The van der Waals surface area contributed by atoms with E-state index in [2.05, 4.69) is 37.9 Å². The lowest BCUT2D eigenvalue weighted by Crippen LogP contribution is -2.10. The summed E-state index contributed by atoms with van der Waals surface area (Å²) in [4.78, 5) is 16.2. The van der Waals surface area contributed by atoms with Crippen molar-refractivity contribution < 1.29 is 9.90 Å². The van der Waals surface area contributed by atoms with Crippen LogP contribution in [0.5, 0.6) is 0 Å². The average Bonchev–Trinajstić information content (AvgIpc) is 2.82. The molecule has 0 saturated carbocycles. The van der Waals surface area contributed by atoms with Crippen LogP contribution in [-0.2, 0) is 11.8 Å². The number of carboxylic acids is 1. The second-order valence-corrected chi connectivity index (χ2v) is 6.86. The second-order valence-electron chi connectivity index (χ2n) is 5.77. The number of thiazole rings is 1. The van der Waals surface area contributed by atoms with Gasteiger partial charge in [-0.05, 0) is 23.0 Å². The molecule has 0 spiro atoms. The molecule has 0 aliphatic rings. The molecule has 2 aromatic rings. The molecule has 0 aliphatic heterocycles. The van der Waals surface area contributed by atoms with Crippen molar-refractivity contribution in [1.29, 1.82) is 0 Å². The quantitative estimate of drug-likeness (QED) is 0.913. The monoisotopic (exact) mass is 289 g/mol. The zero-order valence-corrected chi connectivity index (χ0v) is 13.0. The van der Waals surface area contributed by atoms with E-state index in [9.17, 15) is 9.90 Å². The molecule has 1 aromatic heterocycles. The fourth-order valence-electron chi connectivity index (χ4n) is 1.98. The zero-order valence-electron chi connectivity index (χ0n) is 12.2.